The number of Topliss-reactive ketones (excluding diaryl/α,β-unsaturated/α-hetero) is 1. The van der Waals surface area contributed by atoms with Gasteiger partial charge in [-0.3, -0.25) is 14.9 Å². The van der Waals surface area contributed by atoms with Gasteiger partial charge in [0.2, 0.25) is 0 Å². The summed E-state index contributed by atoms with van der Waals surface area (Å²) in [4.78, 5) is 22.9. The monoisotopic (exact) mass is 389 g/mol. The van der Waals surface area contributed by atoms with Crippen LogP contribution in [0.15, 0.2) is 42.2 Å². The third-order valence-electron chi connectivity index (χ3n) is 4.12. The number of nitrogens with zero attached hydrogens (tertiary/aromatic N) is 1. The lowest BCUT2D eigenvalue weighted by atomic mass is 9.79. The summed E-state index contributed by atoms with van der Waals surface area (Å²) in [6, 6.07) is 2.59. The molecule has 2 atom stereocenters. The molecule has 0 radical (unpaired) electrons. The van der Waals surface area contributed by atoms with Crippen LogP contribution in [-0.4, -0.2) is 16.2 Å². The fourth-order valence-corrected chi connectivity index (χ4v) is 2.73. The molecule has 0 aliphatic heterocycles. The summed E-state index contributed by atoms with van der Waals surface area (Å²) in [5.74, 6) is -1.37. The Labute approximate surface area is 152 Å². The first-order valence-corrected chi connectivity index (χ1v) is 7.99. The highest BCUT2D eigenvalue weighted by atomic mass is 35.5. The first-order chi connectivity index (χ1) is 12.0. The Morgan fingerprint density at radius 1 is 1.42 bits per heavy atom. The maximum atomic E-state index is 12.7. The van der Waals surface area contributed by atoms with Gasteiger partial charge in [-0.25, -0.2) is 0 Å². The summed E-state index contributed by atoms with van der Waals surface area (Å²) in [6.07, 6.45) is -0.623. The number of nitro groups is 1. The van der Waals surface area contributed by atoms with Crippen molar-refractivity contribution in [2.75, 3.05) is 0 Å². The second-order valence-corrected chi connectivity index (χ2v) is 6.34. The third kappa shape index (κ3) is 3.90. The molecule has 1 aromatic rings. The van der Waals surface area contributed by atoms with Gasteiger partial charge in [-0.2, -0.15) is 13.2 Å². The number of hydrogen-bond acceptors (Lipinski definition) is 4. The molecule has 5 nitrogen and oxygen atoms in total. The lowest BCUT2D eigenvalue weighted by Crippen LogP contribution is -2.45. The Morgan fingerprint density at radius 2 is 2.08 bits per heavy atom. The topological polar surface area (TPSA) is 69.4 Å². The summed E-state index contributed by atoms with van der Waals surface area (Å²) < 4.78 is 43.5. The van der Waals surface area contributed by atoms with Crippen LogP contribution in [0, 0.1) is 16.0 Å². The summed E-state index contributed by atoms with van der Waals surface area (Å²) >= 11 is 5.84. The van der Waals surface area contributed by atoms with E-state index in [1.807, 2.05) is 0 Å². The molecule has 0 fully saturated rings. The maximum Gasteiger partial charge on any atom is 0.416 e. The minimum Gasteiger partial charge on any atom is -0.456 e. The molecule has 1 aliphatic carbocycles. The number of rotatable bonds is 5. The molecule has 140 valence electrons. The van der Waals surface area contributed by atoms with E-state index in [0.29, 0.717) is 0 Å². The zero-order chi connectivity index (χ0) is 19.7. The van der Waals surface area contributed by atoms with Gasteiger partial charge in [-0.15, -0.1) is 0 Å². The van der Waals surface area contributed by atoms with Crippen molar-refractivity contribution < 1.29 is 27.6 Å². The van der Waals surface area contributed by atoms with Crippen LogP contribution in [-0.2, 0) is 11.0 Å². The molecular weight excluding hydrogens is 375 g/mol. The molecule has 1 aromatic carbocycles. The molecule has 0 heterocycles. The van der Waals surface area contributed by atoms with Crippen molar-refractivity contribution in [3.63, 3.8) is 0 Å². The van der Waals surface area contributed by atoms with Gasteiger partial charge >= 0.3 is 6.18 Å². The van der Waals surface area contributed by atoms with Crippen LogP contribution in [0.4, 0.5) is 13.2 Å². The highest BCUT2D eigenvalue weighted by Gasteiger charge is 2.47. The van der Waals surface area contributed by atoms with Crippen LogP contribution < -0.4 is 4.74 Å². The average molecular weight is 390 g/mol. The van der Waals surface area contributed by atoms with E-state index < -0.39 is 28.1 Å². The average Bonchev–Trinajstić information content (AvgIpc) is 2.56. The Kier molecular flexibility index (Phi) is 5.46. The smallest absolute Gasteiger partial charge is 0.416 e. The molecule has 0 aromatic heterocycles. The van der Waals surface area contributed by atoms with Gasteiger partial charge in [0.05, 0.1) is 10.6 Å². The number of benzene rings is 1. The van der Waals surface area contributed by atoms with Gasteiger partial charge in [-0.1, -0.05) is 18.5 Å². The molecule has 0 bridgehead atoms. The summed E-state index contributed by atoms with van der Waals surface area (Å²) in [6.45, 7) is 2.90. The first kappa shape index (κ1) is 20.0. The standard InChI is InChI=1S/C17H15ClF3NO4/c1-3-14(23)12-9-11(6-7-16(12,2)22(24)25)26-15-5-4-10(8-13(15)18)17(19,20)21/h4-9,12H,3H2,1-2H3. The van der Waals surface area contributed by atoms with E-state index in [2.05, 4.69) is 0 Å². The summed E-state index contributed by atoms with van der Waals surface area (Å²) in [5, 5.41) is 11.1. The second kappa shape index (κ2) is 7.11. The minimum atomic E-state index is -4.54. The van der Waals surface area contributed by atoms with Gasteiger partial charge in [-0.05, 0) is 36.4 Å². The number of carbonyl (C=O) groups excluding carboxylic acids is 1. The van der Waals surface area contributed by atoms with Crippen molar-refractivity contribution in [2.45, 2.75) is 32.0 Å². The lowest BCUT2D eigenvalue weighted by molar-refractivity contribution is -0.555. The van der Waals surface area contributed by atoms with E-state index in [-0.39, 0.29) is 28.7 Å². The molecule has 9 heteroatoms. The highest BCUT2D eigenvalue weighted by Crippen LogP contribution is 2.37. The van der Waals surface area contributed by atoms with Crippen molar-refractivity contribution in [3.8, 4) is 5.75 Å². The molecule has 0 saturated carbocycles. The zero-order valence-corrected chi connectivity index (χ0v) is 14.6. The Morgan fingerprint density at radius 3 is 2.58 bits per heavy atom. The predicted molar refractivity (Wildman–Crippen MR) is 88.5 cm³/mol. The largest absolute Gasteiger partial charge is 0.456 e. The number of hydrogen-bond donors (Lipinski definition) is 0. The van der Waals surface area contributed by atoms with E-state index in [9.17, 15) is 28.1 Å². The predicted octanol–water partition coefficient (Wildman–Crippen LogP) is 4.82. The van der Waals surface area contributed by atoms with Gasteiger partial charge in [0.15, 0.2) is 0 Å². The van der Waals surface area contributed by atoms with Gasteiger partial charge in [0.1, 0.15) is 23.2 Å². The number of ether oxygens (including phenoxy) is 1. The van der Waals surface area contributed by atoms with Crippen LogP contribution >= 0.6 is 11.6 Å². The number of alkyl halides is 3. The summed E-state index contributed by atoms with van der Waals surface area (Å²) in [7, 11) is 0. The molecule has 0 N–H and O–H groups in total. The SMILES string of the molecule is CCC(=O)C1C=C(Oc2ccc(C(F)(F)F)cc2Cl)C=CC1(C)[N+](=O)[O-]. The van der Waals surface area contributed by atoms with Crippen molar-refractivity contribution in [1.82, 2.24) is 0 Å². The van der Waals surface area contributed by atoms with E-state index in [1.165, 1.54) is 25.2 Å². The number of halogens is 4. The molecule has 0 spiro atoms. The van der Waals surface area contributed by atoms with E-state index in [4.69, 9.17) is 16.3 Å². The van der Waals surface area contributed by atoms with Crippen LogP contribution in [0.25, 0.3) is 0 Å². The zero-order valence-electron chi connectivity index (χ0n) is 13.8. The van der Waals surface area contributed by atoms with Gasteiger partial charge < -0.3 is 4.74 Å². The molecule has 26 heavy (non-hydrogen) atoms. The molecule has 0 saturated heterocycles. The normalized spacial score (nSPS) is 22.7. The summed E-state index contributed by atoms with van der Waals surface area (Å²) in [5.41, 5.74) is -2.55. The molecule has 2 unspecified atom stereocenters. The molecule has 2 rings (SSSR count). The van der Waals surface area contributed by atoms with Crippen LogP contribution in [0.5, 0.6) is 5.75 Å². The fourth-order valence-electron chi connectivity index (χ4n) is 2.51. The maximum absolute atomic E-state index is 12.7. The van der Waals surface area contributed by atoms with Crippen LogP contribution in [0.3, 0.4) is 0 Å². The van der Waals surface area contributed by atoms with E-state index in [0.717, 1.165) is 18.2 Å². The number of allylic oxidation sites excluding steroid dienone is 1. The van der Waals surface area contributed by atoms with E-state index in [1.54, 1.807) is 6.92 Å². The quantitative estimate of drug-likeness (QED) is 0.534. The number of ketones is 1. The lowest BCUT2D eigenvalue weighted by Gasteiger charge is -2.27. The van der Waals surface area contributed by atoms with Crippen LogP contribution in [0.2, 0.25) is 5.02 Å². The minimum absolute atomic E-state index is 0.0528. The molecule has 1 aliphatic rings. The molecular formula is C17H15ClF3NO4. The van der Waals surface area contributed by atoms with Crippen molar-refractivity contribution in [3.05, 3.63) is 62.9 Å². The Hall–Kier alpha value is -2.35. The van der Waals surface area contributed by atoms with Crippen LogP contribution in [0.1, 0.15) is 25.8 Å². The molecule has 0 amide bonds. The third-order valence-corrected chi connectivity index (χ3v) is 4.42. The highest BCUT2D eigenvalue weighted by molar-refractivity contribution is 6.32. The first-order valence-electron chi connectivity index (χ1n) is 7.62. The van der Waals surface area contributed by atoms with E-state index >= 15 is 0 Å². The Bertz CT molecular complexity index is 804. The van der Waals surface area contributed by atoms with Gasteiger partial charge in [0.25, 0.3) is 5.54 Å². The number of carbonyl (C=O) groups is 1. The Balaban J connectivity index is 2.33. The van der Waals surface area contributed by atoms with Gasteiger partial charge in [0, 0.05) is 18.3 Å². The van der Waals surface area contributed by atoms with Crippen molar-refractivity contribution in [2.24, 2.45) is 5.92 Å². The fraction of sp³-hybridized carbons (Fsp3) is 0.353. The van der Waals surface area contributed by atoms with Crippen molar-refractivity contribution >= 4 is 17.4 Å². The second-order valence-electron chi connectivity index (χ2n) is 5.93. The van der Waals surface area contributed by atoms with Crippen molar-refractivity contribution in [1.29, 1.82) is 0 Å².